The molecule has 0 unspecified atom stereocenters. The van der Waals surface area contributed by atoms with Gasteiger partial charge in [0.05, 0.1) is 33.6 Å². The number of methoxy groups -OCH3 is 3. The van der Waals surface area contributed by atoms with E-state index in [9.17, 15) is 4.79 Å². The summed E-state index contributed by atoms with van der Waals surface area (Å²) in [7, 11) is 6.30. The summed E-state index contributed by atoms with van der Waals surface area (Å²) in [6.45, 7) is 2.04. The highest BCUT2D eigenvalue weighted by atomic mass is 16.5. The molecule has 0 atom stereocenters. The molecule has 158 valence electrons. The van der Waals surface area contributed by atoms with E-state index in [0.717, 1.165) is 0 Å². The number of hydrogen-bond donors (Lipinski definition) is 1. The Balaban J connectivity index is 1.90. The summed E-state index contributed by atoms with van der Waals surface area (Å²) >= 11 is 0. The zero-order valence-electron chi connectivity index (χ0n) is 17.4. The van der Waals surface area contributed by atoms with Crippen molar-refractivity contribution in [2.24, 2.45) is 7.05 Å². The lowest BCUT2D eigenvalue weighted by Crippen LogP contribution is -2.10. The van der Waals surface area contributed by atoms with Crippen molar-refractivity contribution >= 4 is 17.6 Å². The Labute approximate surface area is 173 Å². The third-order valence-electron chi connectivity index (χ3n) is 4.20. The molecule has 10 heteroatoms. The summed E-state index contributed by atoms with van der Waals surface area (Å²) in [6, 6.07) is 6.83. The minimum Gasteiger partial charge on any atom is -0.493 e. The Bertz CT molecular complexity index is 1020. The molecule has 0 aliphatic carbocycles. The number of carbonyl (C=O) groups excluding carboxylic acids is 1. The first-order valence-corrected chi connectivity index (χ1v) is 9.12. The molecule has 2 aromatic heterocycles. The number of nitrogens with zero attached hydrogens (tertiary/aromatic N) is 4. The van der Waals surface area contributed by atoms with Crippen molar-refractivity contribution in [1.29, 1.82) is 0 Å². The number of rotatable bonds is 8. The van der Waals surface area contributed by atoms with Gasteiger partial charge in [0.1, 0.15) is 11.4 Å². The van der Waals surface area contributed by atoms with Crippen LogP contribution < -0.4 is 19.5 Å². The molecule has 3 aromatic rings. The standard InChI is InChI=1S/C20H23N5O5/c1-6-30-19(26)15-11-14(24-25(15)2)13-7-8-21-20(23-13)22-12-9-16(27-3)18(29-5)17(10-12)28-4/h7-11H,6H2,1-5H3,(H,21,22,23). The van der Waals surface area contributed by atoms with Crippen LogP contribution >= 0.6 is 0 Å². The summed E-state index contributed by atoms with van der Waals surface area (Å²) in [4.78, 5) is 20.8. The third kappa shape index (κ3) is 4.27. The smallest absolute Gasteiger partial charge is 0.356 e. The Morgan fingerprint density at radius 1 is 1.07 bits per heavy atom. The van der Waals surface area contributed by atoms with E-state index >= 15 is 0 Å². The first-order valence-electron chi connectivity index (χ1n) is 9.12. The van der Waals surface area contributed by atoms with Crippen LogP contribution in [0.15, 0.2) is 30.5 Å². The molecule has 0 saturated heterocycles. The molecule has 3 rings (SSSR count). The van der Waals surface area contributed by atoms with Gasteiger partial charge in [-0.1, -0.05) is 0 Å². The van der Waals surface area contributed by atoms with E-state index in [0.29, 0.717) is 46.0 Å². The molecule has 0 spiro atoms. The molecule has 1 N–H and O–H groups in total. The van der Waals surface area contributed by atoms with Gasteiger partial charge in [-0.2, -0.15) is 5.10 Å². The van der Waals surface area contributed by atoms with E-state index in [2.05, 4.69) is 20.4 Å². The van der Waals surface area contributed by atoms with Crippen molar-refractivity contribution in [2.75, 3.05) is 33.3 Å². The number of aromatic nitrogens is 4. The molecule has 0 aliphatic heterocycles. The number of nitrogens with one attached hydrogen (secondary N) is 1. The van der Waals surface area contributed by atoms with Crippen LogP contribution in [0.4, 0.5) is 11.6 Å². The van der Waals surface area contributed by atoms with Crippen LogP contribution in [0, 0.1) is 0 Å². The molecular weight excluding hydrogens is 390 g/mol. The quantitative estimate of drug-likeness (QED) is 0.557. The van der Waals surface area contributed by atoms with Crippen LogP contribution in [-0.4, -0.2) is 53.7 Å². The average molecular weight is 413 g/mol. The molecule has 0 radical (unpaired) electrons. The van der Waals surface area contributed by atoms with E-state index in [4.69, 9.17) is 18.9 Å². The number of hydrogen-bond acceptors (Lipinski definition) is 9. The zero-order valence-corrected chi connectivity index (χ0v) is 17.4. The van der Waals surface area contributed by atoms with Crippen LogP contribution in [0.2, 0.25) is 0 Å². The van der Waals surface area contributed by atoms with E-state index in [1.54, 1.807) is 58.7 Å². The van der Waals surface area contributed by atoms with Gasteiger partial charge in [-0.3, -0.25) is 4.68 Å². The Hall–Kier alpha value is -3.82. The predicted octanol–water partition coefficient (Wildman–Crippen LogP) is 2.82. The van der Waals surface area contributed by atoms with Crippen molar-refractivity contribution in [2.45, 2.75) is 6.92 Å². The minimum absolute atomic E-state index is 0.287. The number of carbonyl (C=O) groups is 1. The average Bonchev–Trinajstić information content (AvgIpc) is 3.15. The third-order valence-corrected chi connectivity index (χ3v) is 4.20. The van der Waals surface area contributed by atoms with Gasteiger partial charge in [0, 0.05) is 37.1 Å². The van der Waals surface area contributed by atoms with Crippen molar-refractivity contribution in [3.63, 3.8) is 0 Å². The molecule has 0 fully saturated rings. The number of benzene rings is 1. The normalized spacial score (nSPS) is 10.4. The summed E-state index contributed by atoms with van der Waals surface area (Å²) in [5, 5.41) is 7.47. The lowest BCUT2D eigenvalue weighted by atomic mass is 10.2. The van der Waals surface area contributed by atoms with Crippen molar-refractivity contribution in [1.82, 2.24) is 19.7 Å². The summed E-state index contributed by atoms with van der Waals surface area (Å²) in [5.74, 6) is 1.38. The molecule has 30 heavy (non-hydrogen) atoms. The van der Waals surface area contributed by atoms with Crippen LogP contribution in [0.3, 0.4) is 0 Å². The van der Waals surface area contributed by atoms with Gasteiger partial charge in [-0.25, -0.2) is 14.8 Å². The first kappa shape index (κ1) is 20.9. The van der Waals surface area contributed by atoms with Gasteiger partial charge in [-0.05, 0) is 13.0 Å². The second-order valence-corrected chi connectivity index (χ2v) is 6.06. The molecule has 1 aromatic carbocycles. The van der Waals surface area contributed by atoms with E-state index in [1.165, 1.54) is 11.8 Å². The first-order chi connectivity index (χ1) is 14.5. The van der Waals surface area contributed by atoms with Gasteiger partial charge >= 0.3 is 5.97 Å². The topological polar surface area (TPSA) is 110 Å². The maximum atomic E-state index is 12.0. The highest BCUT2D eigenvalue weighted by Gasteiger charge is 2.17. The fourth-order valence-electron chi connectivity index (χ4n) is 2.83. The van der Waals surface area contributed by atoms with Crippen LogP contribution in [0.1, 0.15) is 17.4 Å². The summed E-state index contributed by atoms with van der Waals surface area (Å²) in [5.41, 5.74) is 2.06. The minimum atomic E-state index is -0.441. The predicted molar refractivity (Wildman–Crippen MR) is 110 cm³/mol. The van der Waals surface area contributed by atoms with E-state index in [-0.39, 0.29) is 6.61 Å². The monoisotopic (exact) mass is 413 g/mol. The van der Waals surface area contributed by atoms with Gasteiger partial charge in [0.15, 0.2) is 11.5 Å². The Kier molecular flexibility index (Phi) is 6.35. The summed E-state index contributed by atoms with van der Waals surface area (Å²) in [6.07, 6.45) is 1.60. The maximum absolute atomic E-state index is 12.0. The zero-order chi connectivity index (χ0) is 21.7. The molecule has 2 heterocycles. The van der Waals surface area contributed by atoms with Crippen LogP contribution in [0.5, 0.6) is 17.2 Å². The van der Waals surface area contributed by atoms with Gasteiger partial charge in [0.25, 0.3) is 0 Å². The van der Waals surface area contributed by atoms with Gasteiger partial charge in [0.2, 0.25) is 11.7 Å². The second-order valence-electron chi connectivity index (χ2n) is 6.06. The van der Waals surface area contributed by atoms with Crippen molar-refractivity contribution < 1.29 is 23.7 Å². The lowest BCUT2D eigenvalue weighted by molar-refractivity contribution is 0.0513. The van der Waals surface area contributed by atoms with Gasteiger partial charge in [-0.15, -0.1) is 0 Å². The number of ether oxygens (including phenoxy) is 4. The highest BCUT2D eigenvalue weighted by molar-refractivity contribution is 5.88. The SMILES string of the molecule is CCOC(=O)c1cc(-c2ccnc(Nc3cc(OC)c(OC)c(OC)c3)n2)nn1C. The lowest BCUT2D eigenvalue weighted by Gasteiger charge is -2.14. The maximum Gasteiger partial charge on any atom is 0.356 e. The molecule has 0 amide bonds. The van der Waals surface area contributed by atoms with Crippen LogP contribution in [-0.2, 0) is 11.8 Å². The van der Waals surface area contributed by atoms with E-state index in [1.807, 2.05) is 0 Å². The Morgan fingerprint density at radius 3 is 2.37 bits per heavy atom. The Morgan fingerprint density at radius 2 is 1.77 bits per heavy atom. The fraction of sp³-hybridized carbons (Fsp3) is 0.300. The molecule has 0 saturated carbocycles. The molecule has 0 aliphatic rings. The number of aryl methyl sites for hydroxylation is 1. The van der Waals surface area contributed by atoms with Crippen molar-refractivity contribution in [3.05, 3.63) is 36.2 Å². The fourth-order valence-corrected chi connectivity index (χ4v) is 2.83. The highest BCUT2D eigenvalue weighted by Crippen LogP contribution is 2.40. The van der Waals surface area contributed by atoms with Crippen molar-refractivity contribution in [3.8, 4) is 28.6 Å². The molecule has 10 nitrogen and oxygen atoms in total. The number of esters is 1. The second kappa shape index (κ2) is 9.12. The summed E-state index contributed by atoms with van der Waals surface area (Å²) < 4.78 is 22.6. The number of anilines is 2. The molecular formula is C20H23N5O5. The largest absolute Gasteiger partial charge is 0.493 e. The van der Waals surface area contributed by atoms with Gasteiger partial charge < -0.3 is 24.3 Å². The van der Waals surface area contributed by atoms with E-state index < -0.39 is 5.97 Å². The molecule has 0 bridgehead atoms. The van der Waals surface area contributed by atoms with Crippen LogP contribution in [0.25, 0.3) is 11.4 Å².